The average Bonchev–Trinajstić information content (AvgIpc) is 0.914. The summed E-state index contributed by atoms with van der Waals surface area (Å²) in [5, 5.41) is 19.2. The molecule has 0 fully saturated rings. The molecule has 11 rings (SSSR count). The maximum atomic E-state index is 15.3. The monoisotopic (exact) mass is 1160 g/mol. The van der Waals surface area contributed by atoms with Crippen LogP contribution in [0.15, 0.2) is 277 Å². The highest BCUT2D eigenvalue weighted by Gasteiger charge is 2.40. The number of unbranched alkanes of at least 4 members (excludes halogenated alkanes) is 2. The first-order valence-electron chi connectivity index (χ1n) is 31.1. The van der Waals surface area contributed by atoms with E-state index >= 15 is 4.79 Å². The van der Waals surface area contributed by atoms with Crippen molar-refractivity contribution in [2.24, 2.45) is 11.8 Å². The van der Waals surface area contributed by atoms with Crippen molar-refractivity contribution in [1.82, 2.24) is 9.89 Å². The third-order valence-electron chi connectivity index (χ3n) is 17.0. The normalized spacial score (nSPS) is 14.4. The number of nitrogens with zero attached hydrogens (tertiary/aromatic N) is 2. The third-order valence-corrected chi connectivity index (χ3v) is 17.0. The summed E-state index contributed by atoms with van der Waals surface area (Å²) in [5.74, 6) is -1.49. The molecule has 2 atom stereocenters. The summed E-state index contributed by atoms with van der Waals surface area (Å²) >= 11 is 0. The molecule has 438 valence electrons. The van der Waals surface area contributed by atoms with E-state index < -0.39 is 5.78 Å². The minimum atomic E-state index is -0.408. The van der Waals surface area contributed by atoms with Crippen molar-refractivity contribution in [3.63, 3.8) is 0 Å². The lowest BCUT2D eigenvalue weighted by Crippen LogP contribution is -2.34. The van der Waals surface area contributed by atoms with Gasteiger partial charge >= 0.3 is 0 Å². The summed E-state index contributed by atoms with van der Waals surface area (Å²) in [7, 11) is 0. The number of nitrogens with one attached hydrogen (secondary N) is 2. The highest BCUT2D eigenvalue weighted by Crippen LogP contribution is 2.46. The number of ketones is 1. The molecule has 0 aromatic heterocycles. The van der Waals surface area contributed by atoms with Crippen molar-refractivity contribution in [3.8, 4) is 44.5 Å². The minimum absolute atomic E-state index is 0.0822. The quantitative estimate of drug-likeness (QED) is 0.0464. The van der Waals surface area contributed by atoms with Crippen LogP contribution in [0.5, 0.6) is 0 Å². The summed E-state index contributed by atoms with van der Waals surface area (Å²) in [4.78, 5) is 46.6. The Morgan fingerprint density at radius 2 is 0.841 bits per heavy atom. The second-order valence-corrected chi connectivity index (χ2v) is 22.7. The zero-order chi connectivity index (χ0) is 60.9. The molecule has 88 heavy (non-hydrogen) atoms. The van der Waals surface area contributed by atoms with Gasteiger partial charge in [-0.25, -0.2) is 0 Å². The van der Waals surface area contributed by atoms with E-state index in [-0.39, 0.29) is 40.6 Å². The van der Waals surface area contributed by atoms with E-state index in [9.17, 15) is 14.7 Å². The SMILES string of the molecule is CCCCC(CC)C(=O)NC1=CC(=[N+](c2ccc(-c3ccccc3)cc2)c2ccc(-c3ccccc3)cc2)C=CC1=C1C(=O)C(c2ccc(N(c3ccc(-c4ccccc4)cc3)c3ccc(-c4ccccc4)cc3)cc2NC(=O)C(CC)CCCC)=C1O. The molecule has 0 bridgehead atoms. The second-order valence-electron chi connectivity index (χ2n) is 22.7. The molecule has 0 spiro atoms. The zero-order valence-corrected chi connectivity index (χ0v) is 50.6. The lowest BCUT2D eigenvalue weighted by molar-refractivity contribution is -0.124. The van der Waals surface area contributed by atoms with Gasteiger partial charge in [-0.2, -0.15) is 4.58 Å². The van der Waals surface area contributed by atoms with E-state index in [1.807, 2.05) is 123 Å². The molecule has 2 unspecified atom stereocenters. The Hall–Kier alpha value is -10.2. The molecule has 0 saturated carbocycles. The average molecular weight is 1160 g/mol. The molecule has 0 heterocycles. The maximum Gasteiger partial charge on any atom is 0.227 e. The van der Waals surface area contributed by atoms with Crippen LogP contribution in [0.4, 0.5) is 34.1 Å². The first-order valence-corrected chi connectivity index (χ1v) is 31.1. The maximum absolute atomic E-state index is 15.3. The number of hydrogen-bond donors (Lipinski definition) is 3. The fourth-order valence-electron chi connectivity index (χ4n) is 11.9. The number of allylic oxidation sites excluding steroid dienone is 5. The van der Waals surface area contributed by atoms with E-state index in [0.29, 0.717) is 48.2 Å². The number of carbonyl (C=O) groups is 3. The minimum Gasteiger partial charge on any atom is -0.506 e. The predicted octanol–water partition coefficient (Wildman–Crippen LogP) is 19.9. The lowest BCUT2D eigenvalue weighted by atomic mass is 9.78. The van der Waals surface area contributed by atoms with Gasteiger partial charge in [0.1, 0.15) is 5.76 Å². The second kappa shape index (κ2) is 27.9. The van der Waals surface area contributed by atoms with Crippen molar-refractivity contribution in [3.05, 3.63) is 283 Å². The fraction of sp³-hybridized carbons (Fsp3) is 0.175. The Kier molecular flexibility index (Phi) is 18.9. The van der Waals surface area contributed by atoms with Crippen LogP contribution < -0.4 is 20.1 Å². The molecule has 9 aromatic carbocycles. The van der Waals surface area contributed by atoms with Gasteiger partial charge in [0.2, 0.25) is 34.7 Å². The van der Waals surface area contributed by atoms with Crippen molar-refractivity contribution in [1.29, 1.82) is 0 Å². The Balaban J connectivity index is 1.04. The van der Waals surface area contributed by atoms with Crippen LogP contribution in [0.3, 0.4) is 0 Å². The number of benzene rings is 9. The highest BCUT2D eigenvalue weighted by molar-refractivity contribution is 6.40. The number of rotatable bonds is 22. The topological polar surface area (TPSA) is 102 Å². The van der Waals surface area contributed by atoms with Gasteiger partial charge in [-0.3, -0.25) is 14.4 Å². The first-order chi connectivity index (χ1) is 43.1. The van der Waals surface area contributed by atoms with Crippen LogP contribution in [0.25, 0.3) is 50.1 Å². The van der Waals surface area contributed by atoms with Gasteiger partial charge in [0.15, 0.2) is 0 Å². The van der Waals surface area contributed by atoms with Gasteiger partial charge in [-0.15, -0.1) is 0 Å². The van der Waals surface area contributed by atoms with Crippen LogP contribution in [0.2, 0.25) is 0 Å². The smallest absolute Gasteiger partial charge is 0.227 e. The number of anilines is 4. The molecule has 2 amide bonds. The van der Waals surface area contributed by atoms with Crippen LogP contribution in [0.1, 0.15) is 84.6 Å². The zero-order valence-electron chi connectivity index (χ0n) is 50.6. The molecular weight excluding hydrogens is 1080 g/mol. The van der Waals surface area contributed by atoms with Gasteiger partial charge in [-0.1, -0.05) is 199 Å². The first kappa shape index (κ1) is 59.5. The van der Waals surface area contributed by atoms with Crippen LogP contribution in [-0.2, 0) is 14.4 Å². The molecule has 0 aliphatic heterocycles. The Bertz CT molecular complexity index is 3920. The van der Waals surface area contributed by atoms with Crippen molar-refractivity contribution in [2.75, 3.05) is 10.2 Å². The highest BCUT2D eigenvalue weighted by atomic mass is 16.3. The number of hydrogen-bond acceptors (Lipinski definition) is 5. The van der Waals surface area contributed by atoms with Gasteiger partial charge in [0.25, 0.3) is 0 Å². The van der Waals surface area contributed by atoms with Crippen LogP contribution >= 0.6 is 0 Å². The molecule has 8 heteroatoms. The third kappa shape index (κ3) is 13.1. The number of carbonyl (C=O) groups excluding carboxylic acids is 3. The van der Waals surface area contributed by atoms with Crippen LogP contribution in [0, 0.1) is 11.8 Å². The van der Waals surface area contributed by atoms with Gasteiger partial charge in [-0.05, 0) is 143 Å². The predicted molar refractivity (Wildman–Crippen MR) is 364 cm³/mol. The number of amides is 2. The Morgan fingerprint density at radius 3 is 1.24 bits per heavy atom. The number of aliphatic hydroxyl groups excluding tert-OH is 1. The molecule has 8 nitrogen and oxygen atoms in total. The van der Waals surface area contributed by atoms with Crippen molar-refractivity contribution in [2.45, 2.75) is 79.1 Å². The van der Waals surface area contributed by atoms with E-state index in [2.05, 4.69) is 180 Å². The van der Waals surface area contributed by atoms with Crippen LogP contribution in [-0.4, -0.2) is 28.4 Å². The van der Waals surface area contributed by atoms with E-state index in [1.54, 1.807) is 0 Å². The lowest BCUT2D eigenvalue weighted by Gasteiger charge is -2.30. The summed E-state index contributed by atoms with van der Waals surface area (Å²) in [6.07, 6.45) is 12.1. The van der Waals surface area contributed by atoms with Gasteiger partial charge in [0, 0.05) is 76.5 Å². The summed E-state index contributed by atoms with van der Waals surface area (Å²) in [5.41, 5.74) is 15.4. The molecule has 0 radical (unpaired) electrons. The largest absolute Gasteiger partial charge is 0.506 e. The van der Waals surface area contributed by atoms with Crippen molar-refractivity contribution >= 4 is 63.0 Å². The Morgan fingerprint density at radius 1 is 0.455 bits per heavy atom. The van der Waals surface area contributed by atoms with E-state index in [0.717, 1.165) is 104 Å². The summed E-state index contributed by atoms with van der Waals surface area (Å²) < 4.78 is 2.14. The van der Waals surface area contributed by atoms with E-state index in [1.165, 1.54) is 0 Å². The summed E-state index contributed by atoms with van der Waals surface area (Å²) in [6.45, 7) is 8.29. The molecule has 2 aliphatic rings. The van der Waals surface area contributed by atoms with E-state index in [4.69, 9.17) is 0 Å². The van der Waals surface area contributed by atoms with Crippen molar-refractivity contribution < 1.29 is 19.5 Å². The molecule has 3 N–H and O–H groups in total. The molecular formula is C80H75N4O4+. The molecule has 9 aromatic rings. The molecule has 0 saturated heterocycles. The Labute approximate surface area is 518 Å². The standard InChI is InChI=1S/C80H74N4O4/c1-5-9-23-55(7-3)79(87)81-73-53-69(83(65-41-33-61(34-42-65)57-25-15-11-16-26-57)66-43-35-62(36-44-66)58-27-17-12-18-28-58)49-51-71(73)75-77(85)76(78(75)86)72-52-50-70(54-74(72)82-80(88)56(8-4)24-10-6-2)84(67-45-37-63(38-46-67)59-29-19-13-20-30-59)68-47-39-64(40-48-68)60-31-21-14-22-32-60/h11-22,25-56H,5-10,23-24H2,1-4H3,(H2,81,82,85,86,87,88)/p+1. The van der Waals surface area contributed by atoms with Gasteiger partial charge in [0.05, 0.1) is 22.5 Å². The van der Waals surface area contributed by atoms with Gasteiger partial charge < -0.3 is 20.6 Å². The summed E-state index contributed by atoms with van der Waals surface area (Å²) in [6, 6.07) is 80.4. The fourth-order valence-corrected chi connectivity index (χ4v) is 11.9. The number of Topliss-reactive ketones (excluding diaryl/α,β-unsaturated/α-hetero) is 1. The molecule has 2 aliphatic carbocycles. The number of aliphatic hydroxyl groups is 1.